The molecule has 28 heavy (non-hydrogen) atoms. The molecule has 3 aromatic rings. The molecule has 0 aliphatic rings. The highest BCUT2D eigenvalue weighted by molar-refractivity contribution is 9.10. The summed E-state index contributed by atoms with van der Waals surface area (Å²) in [6.07, 6.45) is 2.59. The van der Waals surface area contributed by atoms with E-state index in [1.807, 2.05) is 12.1 Å². The summed E-state index contributed by atoms with van der Waals surface area (Å²) in [5.74, 6) is 0.746. The van der Waals surface area contributed by atoms with Crippen molar-refractivity contribution in [2.24, 2.45) is 0 Å². The Morgan fingerprint density at radius 3 is 2.29 bits per heavy atom. The molecule has 3 rings (SSSR count). The number of hydrogen-bond donors (Lipinski definition) is 1. The van der Waals surface area contributed by atoms with Crippen LogP contribution in [0.25, 0.3) is 0 Å². The smallest absolute Gasteiger partial charge is 0.253 e. The Morgan fingerprint density at radius 2 is 1.71 bits per heavy atom. The molecule has 0 aliphatic carbocycles. The van der Waals surface area contributed by atoms with E-state index in [2.05, 4.69) is 26.2 Å². The Kier molecular flexibility index (Phi) is 6.11. The molecule has 6 nitrogen and oxygen atoms in total. The van der Waals surface area contributed by atoms with Crippen LogP contribution in [0.3, 0.4) is 0 Å². The molecule has 2 aromatic carbocycles. The van der Waals surface area contributed by atoms with Gasteiger partial charge in [-0.1, -0.05) is 28.1 Å². The Morgan fingerprint density at radius 1 is 1.04 bits per heavy atom. The van der Waals surface area contributed by atoms with Crippen molar-refractivity contribution in [2.75, 3.05) is 6.26 Å². The van der Waals surface area contributed by atoms with Crippen LogP contribution in [-0.2, 0) is 16.4 Å². The summed E-state index contributed by atoms with van der Waals surface area (Å²) in [6.45, 7) is 0.278. The number of halogens is 1. The summed E-state index contributed by atoms with van der Waals surface area (Å²) in [4.78, 5) is 16.7. The molecule has 8 heteroatoms. The Bertz CT molecular complexity index is 1060. The fourth-order valence-electron chi connectivity index (χ4n) is 2.34. The lowest BCUT2D eigenvalue weighted by Crippen LogP contribution is -2.22. The zero-order valence-electron chi connectivity index (χ0n) is 14.9. The van der Waals surface area contributed by atoms with Gasteiger partial charge in [-0.25, -0.2) is 13.4 Å². The first-order chi connectivity index (χ1) is 13.3. The van der Waals surface area contributed by atoms with Crippen LogP contribution in [0.1, 0.15) is 15.9 Å². The molecular weight excluding hydrogens is 444 g/mol. The van der Waals surface area contributed by atoms with Gasteiger partial charge in [0, 0.05) is 29.5 Å². The number of amides is 1. The zero-order valence-corrected chi connectivity index (χ0v) is 17.3. The molecule has 0 unspecified atom stereocenters. The van der Waals surface area contributed by atoms with Crippen molar-refractivity contribution in [3.63, 3.8) is 0 Å². The first-order valence-electron chi connectivity index (χ1n) is 8.28. The molecular formula is C20H17BrN2O4S. The average molecular weight is 461 g/mol. The van der Waals surface area contributed by atoms with Crippen molar-refractivity contribution in [3.8, 4) is 11.6 Å². The topological polar surface area (TPSA) is 85.4 Å². The summed E-state index contributed by atoms with van der Waals surface area (Å²) in [5, 5.41) is 2.77. The zero-order chi connectivity index (χ0) is 20.1. The van der Waals surface area contributed by atoms with E-state index in [0.717, 1.165) is 16.3 Å². The van der Waals surface area contributed by atoms with Crippen LogP contribution in [0.4, 0.5) is 0 Å². The highest BCUT2D eigenvalue weighted by Crippen LogP contribution is 2.21. The third-order valence-electron chi connectivity index (χ3n) is 3.84. The van der Waals surface area contributed by atoms with Crippen molar-refractivity contribution in [1.29, 1.82) is 0 Å². The number of ether oxygens (including phenoxy) is 1. The minimum atomic E-state index is -3.23. The number of carbonyl (C=O) groups excluding carboxylic acids is 1. The third kappa shape index (κ3) is 5.40. The van der Waals surface area contributed by atoms with Gasteiger partial charge in [-0.2, -0.15) is 0 Å². The SMILES string of the molecule is CS(=O)(=O)c1ccc(CNC(=O)c2ccc(Oc3ccc(Br)cc3)nc2)cc1. The predicted octanol–water partition coefficient (Wildman–Crippen LogP) is 3.97. The maximum atomic E-state index is 12.3. The van der Waals surface area contributed by atoms with Crippen molar-refractivity contribution in [1.82, 2.24) is 10.3 Å². The second-order valence-corrected chi connectivity index (χ2v) is 8.97. The van der Waals surface area contributed by atoms with E-state index >= 15 is 0 Å². The first kappa shape index (κ1) is 20.0. The fraction of sp³-hybridized carbons (Fsp3) is 0.100. The van der Waals surface area contributed by atoms with Gasteiger partial charge in [-0.05, 0) is 48.0 Å². The van der Waals surface area contributed by atoms with E-state index in [0.29, 0.717) is 17.2 Å². The monoisotopic (exact) mass is 460 g/mol. The minimum absolute atomic E-state index is 0.244. The minimum Gasteiger partial charge on any atom is -0.439 e. The molecule has 144 valence electrons. The van der Waals surface area contributed by atoms with Gasteiger partial charge in [0.15, 0.2) is 9.84 Å². The first-order valence-corrected chi connectivity index (χ1v) is 11.0. The molecule has 0 atom stereocenters. The molecule has 0 radical (unpaired) electrons. The van der Waals surface area contributed by atoms with Crippen LogP contribution in [0.5, 0.6) is 11.6 Å². The number of nitrogens with one attached hydrogen (secondary N) is 1. The van der Waals surface area contributed by atoms with Gasteiger partial charge in [0.1, 0.15) is 5.75 Å². The van der Waals surface area contributed by atoms with Crippen LogP contribution < -0.4 is 10.1 Å². The summed E-state index contributed by atoms with van der Waals surface area (Å²) >= 11 is 3.36. The van der Waals surface area contributed by atoms with E-state index in [-0.39, 0.29) is 17.3 Å². The molecule has 0 fully saturated rings. The molecule has 1 aromatic heterocycles. The molecule has 0 spiro atoms. The average Bonchev–Trinajstić information content (AvgIpc) is 2.68. The number of nitrogens with zero attached hydrogens (tertiary/aromatic N) is 1. The molecule has 0 saturated carbocycles. The number of rotatable bonds is 6. The third-order valence-corrected chi connectivity index (χ3v) is 5.50. The maximum Gasteiger partial charge on any atom is 0.253 e. The number of sulfone groups is 1. The van der Waals surface area contributed by atoms with E-state index in [1.165, 1.54) is 18.3 Å². The van der Waals surface area contributed by atoms with Crippen molar-refractivity contribution < 1.29 is 17.9 Å². The number of carbonyl (C=O) groups is 1. The highest BCUT2D eigenvalue weighted by Gasteiger charge is 2.09. The number of pyridine rings is 1. The molecule has 1 N–H and O–H groups in total. The molecule has 0 bridgehead atoms. The Balaban J connectivity index is 1.58. The van der Waals surface area contributed by atoms with Crippen molar-refractivity contribution >= 4 is 31.7 Å². The highest BCUT2D eigenvalue weighted by atomic mass is 79.9. The lowest BCUT2D eigenvalue weighted by molar-refractivity contribution is 0.0950. The normalized spacial score (nSPS) is 11.1. The van der Waals surface area contributed by atoms with Crippen LogP contribution in [0.2, 0.25) is 0 Å². The maximum absolute atomic E-state index is 12.3. The van der Waals surface area contributed by atoms with E-state index in [1.54, 1.807) is 36.4 Å². The van der Waals surface area contributed by atoms with Gasteiger partial charge >= 0.3 is 0 Å². The fourth-order valence-corrected chi connectivity index (χ4v) is 3.23. The molecule has 1 heterocycles. The lowest BCUT2D eigenvalue weighted by Gasteiger charge is -2.08. The van der Waals surface area contributed by atoms with E-state index in [9.17, 15) is 13.2 Å². The molecule has 0 aliphatic heterocycles. The summed E-state index contributed by atoms with van der Waals surface area (Å²) in [5.41, 5.74) is 1.19. The van der Waals surface area contributed by atoms with E-state index < -0.39 is 9.84 Å². The predicted molar refractivity (Wildman–Crippen MR) is 109 cm³/mol. The molecule has 1 amide bonds. The second kappa shape index (κ2) is 8.53. The number of aromatic nitrogens is 1. The van der Waals surface area contributed by atoms with Crippen LogP contribution in [0, 0.1) is 0 Å². The summed E-state index contributed by atoms with van der Waals surface area (Å²) < 4.78 is 29.5. The standard InChI is InChI=1S/C20H17BrN2O4S/c1-28(25,26)18-9-2-14(3-10-18)12-23-20(24)15-4-11-19(22-13-15)27-17-7-5-16(21)6-8-17/h2-11,13H,12H2,1H3,(H,23,24). The van der Waals surface area contributed by atoms with Gasteiger partial charge in [0.25, 0.3) is 5.91 Å². The van der Waals surface area contributed by atoms with Gasteiger partial charge in [0.2, 0.25) is 5.88 Å². The van der Waals surface area contributed by atoms with Crippen LogP contribution in [0.15, 0.2) is 76.2 Å². The van der Waals surface area contributed by atoms with E-state index in [4.69, 9.17) is 4.74 Å². The lowest BCUT2D eigenvalue weighted by atomic mass is 10.2. The summed E-state index contributed by atoms with van der Waals surface area (Å²) in [6, 6.07) is 17.0. The number of benzene rings is 2. The van der Waals surface area contributed by atoms with Crippen LogP contribution in [-0.4, -0.2) is 25.6 Å². The van der Waals surface area contributed by atoms with Crippen molar-refractivity contribution in [2.45, 2.75) is 11.4 Å². The number of hydrogen-bond acceptors (Lipinski definition) is 5. The Labute approximate surface area is 171 Å². The van der Waals surface area contributed by atoms with Gasteiger partial charge in [-0.3, -0.25) is 4.79 Å². The van der Waals surface area contributed by atoms with Gasteiger partial charge in [-0.15, -0.1) is 0 Å². The van der Waals surface area contributed by atoms with Gasteiger partial charge < -0.3 is 10.1 Å². The quantitative estimate of drug-likeness (QED) is 0.601. The summed E-state index contributed by atoms with van der Waals surface area (Å²) in [7, 11) is -3.23. The molecule has 0 saturated heterocycles. The second-order valence-electron chi connectivity index (χ2n) is 6.04. The van der Waals surface area contributed by atoms with Crippen molar-refractivity contribution in [3.05, 3.63) is 82.5 Å². The van der Waals surface area contributed by atoms with Gasteiger partial charge in [0.05, 0.1) is 10.5 Å². The largest absolute Gasteiger partial charge is 0.439 e. The van der Waals surface area contributed by atoms with Crippen LogP contribution >= 0.6 is 15.9 Å². The Hall–Kier alpha value is -2.71.